The van der Waals surface area contributed by atoms with Gasteiger partial charge in [-0.2, -0.15) is 8.42 Å². The van der Waals surface area contributed by atoms with Crippen LogP contribution in [0.25, 0.3) is 0 Å². The van der Waals surface area contributed by atoms with Crippen molar-refractivity contribution in [1.29, 1.82) is 0 Å². The zero-order valence-electron chi connectivity index (χ0n) is 10.3. The number of aliphatic hydroxyl groups is 1. The molecule has 0 spiro atoms. The predicted octanol–water partition coefficient (Wildman–Crippen LogP) is 3.98. The van der Waals surface area contributed by atoms with Crippen LogP contribution in [0.3, 0.4) is 0 Å². The van der Waals surface area contributed by atoms with Crippen molar-refractivity contribution in [3.05, 3.63) is 62.6 Å². The molecule has 0 aliphatic carbocycles. The topological polar surface area (TPSA) is 74.6 Å². The Bertz CT molecular complexity index is 773. The van der Waals surface area contributed by atoms with Gasteiger partial charge in [-0.05, 0) is 23.8 Å². The predicted molar refractivity (Wildman–Crippen MR) is 81.8 cm³/mol. The first-order valence-electron chi connectivity index (χ1n) is 5.60. The molecule has 112 valence electrons. The molecule has 0 saturated carbocycles. The van der Waals surface area contributed by atoms with Gasteiger partial charge in [-0.15, -0.1) is 0 Å². The summed E-state index contributed by atoms with van der Waals surface area (Å²) in [6, 6.07) is 8.12. The van der Waals surface area contributed by atoms with E-state index in [1.807, 2.05) is 0 Å². The molecule has 2 aromatic rings. The summed E-state index contributed by atoms with van der Waals surface area (Å²) in [5, 5.41) is 10.8. The van der Waals surface area contributed by atoms with Gasteiger partial charge in [0.15, 0.2) is 0 Å². The van der Waals surface area contributed by atoms with E-state index in [9.17, 15) is 13.5 Å². The Labute approximate surface area is 136 Å². The summed E-state index contributed by atoms with van der Waals surface area (Å²) in [6.45, 7) is 0. The Morgan fingerprint density at radius 2 is 1.48 bits per heavy atom. The molecule has 2 rings (SSSR count). The van der Waals surface area contributed by atoms with Crippen LogP contribution in [0.15, 0.2) is 41.3 Å². The quantitative estimate of drug-likeness (QED) is 0.636. The smallest absolute Gasteiger partial charge is 0.294 e. The Morgan fingerprint density at radius 3 is 2.00 bits per heavy atom. The second-order valence-corrected chi connectivity index (χ2v) is 6.80. The normalized spacial score (nSPS) is 13.2. The molecule has 0 bridgehead atoms. The van der Waals surface area contributed by atoms with E-state index in [0.29, 0.717) is 11.1 Å². The molecule has 0 fully saturated rings. The van der Waals surface area contributed by atoms with Crippen molar-refractivity contribution < 1.29 is 18.1 Å². The van der Waals surface area contributed by atoms with Crippen LogP contribution in [0.1, 0.15) is 17.2 Å². The van der Waals surface area contributed by atoms with E-state index in [0.717, 1.165) is 0 Å². The van der Waals surface area contributed by atoms with Crippen LogP contribution >= 0.6 is 34.8 Å². The third-order valence-corrected chi connectivity index (χ3v) is 5.03. The molecule has 21 heavy (non-hydrogen) atoms. The van der Waals surface area contributed by atoms with E-state index in [-0.39, 0.29) is 20.0 Å². The molecule has 1 atom stereocenters. The Kier molecular flexibility index (Phi) is 4.82. The van der Waals surface area contributed by atoms with Crippen LogP contribution in [0.5, 0.6) is 0 Å². The summed E-state index contributed by atoms with van der Waals surface area (Å²) >= 11 is 17.8. The Hall–Kier alpha value is -0.820. The van der Waals surface area contributed by atoms with E-state index in [1.54, 1.807) is 0 Å². The van der Waals surface area contributed by atoms with Crippen molar-refractivity contribution in [3.63, 3.8) is 0 Å². The zero-order chi connectivity index (χ0) is 15.8. The molecule has 0 heterocycles. The fraction of sp³-hybridized carbons (Fsp3) is 0.0769. The molecule has 0 saturated heterocycles. The molecule has 0 aromatic heterocycles. The molecule has 4 nitrogen and oxygen atoms in total. The van der Waals surface area contributed by atoms with Gasteiger partial charge in [0.2, 0.25) is 0 Å². The van der Waals surface area contributed by atoms with Gasteiger partial charge in [0.25, 0.3) is 10.1 Å². The summed E-state index contributed by atoms with van der Waals surface area (Å²) in [4.78, 5) is -0.265. The van der Waals surface area contributed by atoms with E-state index >= 15 is 0 Å². The molecule has 8 heteroatoms. The summed E-state index contributed by atoms with van der Waals surface area (Å²) in [6.07, 6.45) is -1.11. The van der Waals surface area contributed by atoms with Gasteiger partial charge in [0, 0.05) is 5.56 Å². The highest BCUT2D eigenvalue weighted by Crippen LogP contribution is 2.37. The summed E-state index contributed by atoms with van der Waals surface area (Å²) in [5.41, 5.74) is 0.730. The van der Waals surface area contributed by atoms with E-state index in [2.05, 4.69) is 0 Å². The fourth-order valence-electron chi connectivity index (χ4n) is 1.75. The monoisotopic (exact) mass is 366 g/mol. The lowest BCUT2D eigenvalue weighted by molar-refractivity contribution is 0.220. The van der Waals surface area contributed by atoms with Gasteiger partial charge in [-0.3, -0.25) is 4.55 Å². The number of rotatable bonds is 3. The van der Waals surface area contributed by atoms with Crippen molar-refractivity contribution in [2.75, 3.05) is 0 Å². The maximum Gasteiger partial charge on any atom is 0.294 e. The van der Waals surface area contributed by atoms with Crippen molar-refractivity contribution >= 4 is 44.9 Å². The van der Waals surface area contributed by atoms with E-state index < -0.39 is 16.2 Å². The van der Waals surface area contributed by atoms with Crippen LogP contribution in [0.4, 0.5) is 0 Å². The molecule has 2 aromatic carbocycles. The first-order chi connectivity index (χ1) is 9.71. The van der Waals surface area contributed by atoms with Gasteiger partial charge in [0.05, 0.1) is 20.0 Å². The van der Waals surface area contributed by atoms with Crippen LogP contribution < -0.4 is 0 Å². The van der Waals surface area contributed by atoms with Gasteiger partial charge < -0.3 is 5.11 Å². The molecular formula is C13H9Cl3O4S. The highest BCUT2D eigenvalue weighted by molar-refractivity contribution is 7.85. The molecule has 0 aliphatic heterocycles. The number of hydrogen-bond donors (Lipinski definition) is 2. The first-order valence-corrected chi connectivity index (χ1v) is 8.18. The van der Waals surface area contributed by atoms with Crippen LogP contribution in [0, 0.1) is 0 Å². The zero-order valence-corrected chi connectivity index (χ0v) is 13.4. The molecular weight excluding hydrogens is 359 g/mol. The third kappa shape index (κ3) is 3.51. The molecule has 0 amide bonds. The van der Waals surface area contributed by atoms with Crippen molar-refractivity contribution in [2.24, 2.45) is 0 Å². The fourth-order valence-corrected chi connectivity index (χ4v) is 2.88. The van der Waals surface area contributed by atoms with Crippen molar-refractivity contribution in [2.45, 2.75) is 11.0 Å². The highest BCUT2D eigenvalue weighted by Gasteiger charge is 2.18. The van der Waals surface area contributed by atoms with Crippen molar-refractivity contribution in [3.8, 4) is 0 Å². The maximum atomic E-state index is 11.0. The SMILES string of the molecule is O=S(=O)(O)c1ccc(C(O)c2ccc(Cl)c(Cl)c2Cl)cc1. The summed E-state index contributed by atoms with van der Waals surface area (Å²) in [5.74, 6) is 0. The third-order valence-electron chi connectivity index (χ3n) is 2.85. The lowest BCUT2D eigenvalue weighted by Gasteiger charge is -2.14. The van der Waals surface area contributed by atoms with E-state index in [4.69, 9.17) is 39.4 Å². The Balaban J connectivity index is 2.41. The summed E-state index contributed by atoms with van der Waals surface area (Å²) in [7, 11) is -4.28. The average Bonchev–Trinajstić information content (AvgIpc) is 2.43. The minimum absolute atomic E-state index is 0.121. The van der Waals surface area contributed by atoms with Crippen LogP contribution in [-0.4, -0.2) is 18.1 Å². The average molecular weight is 368 g/mol. The minimum atomic E-state index is -4.28. The van der Waals surface area contributed by atoms with Crippen LogP contribution in [-0.2, 0) is 10.1 Å². The number of aliphatic hydroxyl groups excluding tert-OH is 1. The lowest BCUT2D eigenvalue weighted by Crippen LogP contribution is -2.03. The second kappa shape index (κ2) is 6.12. The second-order valence-electron chi connectivity index (χ2n) is 4.21. The van der Waals surface area contributed by atoms with Crippen molar-refractivity contribution in [1.82, 2.24) is 0 Å². The van der Waals surface area contributed by atoms with Crippen LogP contribution in [0.2, 0.25) is 15.1 Å². The number of benzene rings is 2. The highest BCUT2D eigenvalue weighted by atomic mass is 35.5. The summed E-state index contributed by atoms with van der Waals surface area (Å²) < 4.78 is 30.8. The lowest BCUT2D eigenvalue weighted by atomic mass is 10.0. The number of hydrogen-bond acceptors (Lipinski definition) is 3. The van der Waals surface area contributed by atoms with Gasteiger partial charge >= 0.3 is 0 Å². The minimum Gasteiger partial charge on any atom is -0.384 e. The van der Waals surface area contributed by atoms with E-state index in [1.165, 1.54) is 36.4 Å². The molecule has 1 unspecified atom stereocenters. The van der Waals surface area contributed by atoms with Gasteiger partial charge in [0.1, 0.15) is 6.10 Å². The molecule has 2 N–H and O–H groups in total. The first kappa shape index (κ1) is 16.5. The largest absolute Gasteiger partial charge is 0.384 e. The van der Waals surface area contributed by atoms with Gasteiger partial charge in [-0.25, -0.2) is 0 Å². The Morgan fingerprint density at radius 1 is 0.905 bits per heavy atom. The van der Waals surface area contributed by atoms with Gasteiger partial charge in [-0.1, -0.05) is 53.0 Å². The molecule has 0 aliphatic rings. The number of halogens is 3. The standard InChI is InChI=1S/C13H9Cl3O4S/c14-10-6-5-9(11(15)12(10)16)13(17)7-1-3-8(4-2-7)21(18,19)20/h1-6,13,17H,(H,18,19,20). The molecule has 0 radical (unpaired) electrons. The maximum absolute atomic E-state index is 11.0.